The summed E-state index contributed by atoms with van der Waals surface area (Å²) in [4.78, 5) is 14.4. The van der Waals surface area contributed by atoms with Crippen molar-refractivity contribution in [1.82, 2.24) is 15.4 Å². The summed E-state index contributed by atoms with van der Waals surface area (Å²) in [5.41, 5.74) is 1.51. The van der Waals surface area contributed by atoms with Crippen molar-refractivity contribution in [2.75, 3.05) is 19.6 Å². The van der Waals surface area contributed by atoms with E-state index in [1.165, 1.54) is 0 Å². The van der Waals surface area contributed by atoms with Crippen LogP contribution < -0.4 is 5.32 Å². The first-order valence-electron chi connectivity index (χ1n) is 6.75. The molecule has 20 heavy (non-hydrogen) atoms. The first-order chi connectivity index (χ1) is 9.75. The summed E-state index contributed by atoms with van der Waals surface area (Å²) in [6, 6.07) is 11.8. The summed E-state index contributed by atoms with van der Waals surface area (Å²) in [6.45, 7) is 4.01. The van der Waals surface area contributed by atoms with Crippen molar-refractivity contribution < 1.29 is 9.32 Å². The van der Waals surface area contributed by atoms with E-state index in [0.717, 1.165) is 18.7 Å². The molecule has 0 radical (unpaired) electrons. The highest BCUT2D eigenvalue weighted by Crippen LogP contribution is 2.23. The van der Waals surface area contributed by atoms with Crippen molar-refractivity contribution in [3.63, 3.8) is 0 Å². The topological polar surface area (TPSA) is 58.4 Å². The average Bonchev–Trinajstić information content (AvgIpc) is 2.94. The molecule has 0 unspecified atom stereocenters. The van der Waals surface area contributed by atoms with E-state index in [2.05, 4.69) is 10.5 Å². The van der Waals surface area contributed by atoms with Crippen molar-refractivity contribution in [2.24, 2.45) is 0 Å². The third-order valence-electron chi connectivity index (χ3n) is 3.54. The minimum atomic E-state index is -0.0720. The van der Waals surface area contributed by atoms with Gasteiger partial charge in [0.2, 0.25) is 0 Å². The number of carbonyl (C=O) groups excluding carboxylic acids is 1. The number of hydrogen-bond donors (Lipinski definition) is 1. The van der Waals surface area contributed by atoms with E-state index in [1.807, 2.05) is 35.2 Å². The lowest BCUT2D eigenvalue weighted by molar-refractivity contribution is 0.0623. The molecular formula is C15H17N3O2. The fraction of sp³-hybridized carbons (Fsp3) is 0.333. The number of amides is 1. The lowest BCUT2D eigenvalue weighted by Crippen LogP contribution is -2.48. The highest BCUT2D eigenvalue weighted by Gasteiger charge is 2.29. The molecule has 0 bridgehead atoms. The number of piperazine rings is 1. The Morgan fingerprint density at radius 1 is 1.40 bits per heavy atom. The predicted octanol–water partition coefficient (Wildman–Crippen LogP) is 1.77. The van der Waals surface area contributed by atoms with Gasteiger partial charge in [0.05, 0.1) is 6.04 Å². The highest BCUT2D eigenvalue weighted by molar-refractivity contribution is 5.92. The maximum Gasteiger partial charge on any atom is 0.276 e. The summed E-state index contributed by atoms with van der Waals surface area (Å²) in [7, 11) is 0. The van der Waals surface area contributed by atoms with Crippen LogP contribution in [0.2, 0.25) is 0 Å². The standard InChI is InChI=1S/C15H17N3O2/c1-11-9-13(17-20-11)15(19)18-8-7-16-10-14(18)12-5-3-2-4-6-12/h2-6,9,14,16H,7-8,10H2,1H3/t14-/m0/s1. The van der Waals surface area contributed by atoms with E-state index in [0.29, 0.717) is 18.0 Å². The van der Waals surface area contributed by atoms with Gasteiger partial charge in [-0.1, -0.05) is 35.5 Å². The Labute approximate surface area is 117 Å². The minimum absolute atomic E-state index is 0.0365. The number of aryl methyl sites for hydroxylation is 1. The maximum absolute atomic E-state index is 12.6. The molecule has 0 aliphatic carbocycles. The number of benzene rings is 1. The third kappa shape index (κ3) is 2.44. The van der Waals surface area contributed by atoms with Crippen molar-refractivity contribution in [1.29, 1.82) is 0 Å². The number of aromatic nitrogens is 1. The van der Waals surface area contributed by atoms with Crippen LogP contribution >= 0.6 is 0 Å². The number of carbonyl (C=O) groups is 1. The van der Waals surface area contributed by atoms with E-state index < -0.39 is 0 Å². The van der Waals surface area contributed by atoms with Crippen LogP contribution in [-0.2, 0) is 0 Å². The molecule has 1 fully saturated rings. The number of nitrogens with one attached hydrogen (secondary N) is 1. The predicted molar refractivity (Wildman–Crippen MR) is 74.3 cm³/mol. The van der Waals surface area contributed by atoms with Crippen molar-refractivity contribution in [3.05, 3.63) is 53.4 Å². The van der Waals surface area contributed by atoms with E-state index in [1.54, 1.807) is 13.0 Å². The third-order valence-corrected chi connectivity index (χ3v) is 3.54. The molecule has 0 saturated carbocycles. The molecule has 5 heteroatoms. The van der Waals surface area contributed by atoms with Gasteiger partial charge in [-0.25, -0.2) is 0 Å². The van der Waals surface area contributed by atoms with Crippen LogP contribution in [0.3, 0.4) is 0 Å². The SMILES string of the molecule is Cc1cc(C(=O)N2CCNC[C@H]2c2ccccc2)no1. The molecule has 1 aliphatic heterocycles. The van der Waals surface area contributed by atoms with E-state index in [-0.39, 0.29) is 11.9 Å². The summed E-state index contributed by atoms with van der Waals surface area (Å²) in [6.07, 6.45) is 0. The van der Waals surface area contributed by atoms with Gasteiger partial charge in [-0.3, -0.25) is 4.79 Å². The van der Waals surface area contributed by atoms with E-state index >= 15 is 0 Å². The lowest BCUT2D eigenvalue weighted by atomic mass is 10.0. The zero-order valence-corrected chi connectivity index (χ0v) is 11.4. The maximum atomic E-state index is 12.6. The first-order valence-corrected chi connectivity index (χ1v) is 6.75. The van der Waals surface area contributed by atoms with Crippen molar-refractivity contribution in [2.45, 2.75) is 13.0 Å². The van der Waals surface area contributed by atoms with Gasteiger partial charge in [0.15, 0.2) is 5.69 Å². The second-order valence-electron chi connectivity index (χ2n) is 4.95. The molecule has 2 aromatic rings. The molecule has 1 aromatic heterocycles. The lowest BCUT2D eigenvalue weighted by Gasteiger charge is -2.36. The Morgan fingerprint density at radius 3 is 2.90 bits per heavy atom. The summed E-state index contributed by atoms with van der Waals surface area (Å²) in [5.74, 6) is 0.581. The zero-order chi connectivity index (χ0) is 13.9. The van der Waals surface area contributed by atoms with Crippen LogP contribution in [0, 0.1) is 6.92 Å². The zero-order valence-electron chi connectivity index (χ0n) is 11.4. The van der Waals surface area contributed by atoms with Gasteiger partial charge in [0.25, 0.3) is 5.91 Å². The molecule has 1 aliphatic rings. The van der Waals surface area contributed by atoms with Gasteiger partial charge in [-0.2, -0.15) is 0 Å². The van der Waals surface area contributed by atoms with Crippen LogP contribution in [0.1, 0.15) is 27.9 Å². The van der Waals surface area contributed by atoms with Crippen LogP contribution in [-0.4, -0.2) is 35.6 Å². The Balaban J connectivity index is 1.87. The second-order valence-corrected chi connectivity index (χ2v) is 4.95. The molecule has 1 N–H and O–H groups in total. The van der Waals surface area contributed by atoms with Gasteiger partial charge in [0, 0.05) is 25.7 Å². The van der Waals surface area contributed by atoms with Gasteiger partial charge in [-0.15, -0.1) is 0 Å². The molecule has 1 amide bonds. The fourth-order valence-electron chi connectivity index (χ4n) is 2.53. The Hall–Kier alpha value is -2.14. The molecule has 3 rings (SSSR count). The molecule has 0 spiro atoms. The average molecular weight is 271 g/mol. The van der Waals surface area contributed by atoms with Gasteiger partial charge in [-0.05, 0) is 12.5 Å². The molecule has 1 atom stereocenters. The van der Waals surface area contributed by atoms with Gasteiger partial charge >= 0.3 is 0 Å². The van der Waals surface area contributed by atoms with E-state index in [9.17, 15) is 4.79 Å². The Bertz CT molecular complexity index is 594. The second kappa shape index (κ2) is 5.46. The Kier molecular flexibility index (Phi) is 3.52. The number of hydrogen-bond acceptors (Lipinski definition) is 4. The van der Waals surface area contributed by atoms with Crippen LogP contribution in [0.4, 0.5) is 0 Å². The molecule has 5 nitrogen and oxygen atoms in total. The minimum Gasteiger partial charge on any atom is -0.361 e. The summed E-state index contributed by atoms with van der Waals surface area (Å²) < 4.78 is 5.00. The summed E-state index contributed by atoms with van der Waals surface area (Å²) >= 11 is 0. The largest absolute Gasteiger partial charge is 0.361 e. The van der Waals surface area contributed by atoms with Gasteiger partial charge in [0.1, 0.15) is 5.76 Å². The van der Waals surface area contributed by atoms with Crippen LogP contribution in [0.15, 0.2) is 40.9 Å². The van der Waals surface area contributed by atoms with Crippen LogP contribution in [0.5, 0.6) is 0 Å². The Morgan fingerprint density at radius 2 is 2.20 bits per heavy atom. The normalized spacial score (nSPS) is 19.1. The van der Waals surface area contributed by atoms with Crippen molar-refractivity contribution >= 4 is 5.91 Å². The fourth-order valence-corrected chi connectivity index (χ4v) is 2.53. The highest BCUT2D eigenvalue weighted by atomic mass is 16.5. The van der Waals surface area contributed by atoms with Crippen LogP contribution in [0.25, 0.3) is 0 Å². The smallest absolute Gasteiger partial charge is 0.276 e. The summed E-state index contributed by atoms with van der Waals surface area (Å²) in [5, 5.41) is 7.17. The first kappa shape index (κ1) is 12.9. The number of nitrogens with zero attached hydrogens (tertiary/aromatic N) is 2. The quantitative estimate of drug-likeness (QED) is 0.904. The molecule has 1 aromatic carbocycles. The molecular weight excluding hydrogens is 254 g/mol. The molecule has 1 saturated heterocycles. The molecule has 2 heterocycles. The van der Waals surface area contributed by atoms with E-state index in [4.69, 9.17) is 4.52 Å². The van der Waals surface area contributed by atoms with Gasteiger partial charge < -0.3 is 14.7 Å². The van der Waals surface area contributed by atoms with Crippen molar-refractivity contribution in [3.8, 4) is 0 Å². The molecule has 104 valence electrons. The number of rotatable bonds is 2. The monoisotopic (exact) mass is 271 g/mol.